The van der Waals surface area contributed by atoms with Crippen LogP contribution < -0.4 is 0 Å². The molecule has 2 fully saturated rings. The number of hydroxylamine groups is 2. The van der Waals surface area contributed by atoms with Gasteiger partial charge in [0.25, 0.3) is 0 Å². The van der Waals surface area contributed by atoms with Crippen LogP contribution in [0.25, 0.3) is 0 Å². The minimum atomic E-state index is 0.285. The summed E-state index contributed by atoms with van der Waals surface area (Å²) in [6, 6.07) is 0.924. The summed E-state index contributed by atoms with van der Waals surface area (Å²) in [5.41, 5.74) is 0. The molecule has 0 spiro atoms. The van der Waals surface area contributed by atoms with Crippen LogP contribution in [0.5, 0.6) is 0 Å². The van der Waals surface area contributed by atoms with Crippen molar-refractivity contribution >= 4 is 5.78 Å². The molecular weight excluding hydrogens is 202 g/mol. The summed E-state index contributed by atoms with van der Waals surface area (Å²) in [6.45, 7) is 3.89. The lowest BCUT2D eigenvalue weighted by Gasteiger charge is -2.35. The maximum atomic E-state index is 11.2. The summed E-state index contributed by atoms with van der Waals surface area (Å²) in [6.07, 6.45) is 8.19. The molecule has 0 saturated carbocycles. The van der Waals surface area contributed by atoms with Gasteiger partial charge in [-0.2, -0.15) is 5.06 Å². The number of piperidine rings is 1. The summed E-state index contributed by atoms with van der Waals surface area (Å²) in [5.74, 6) is 0.285. The Hall–Kier alpha value is -0.410. The van der Waals surface area contributed by atoms with Gasteiger partial charge in [-0.15, -0.1) is 0 Å². The predicted octanol–water partition coefficient (Wildman–Crippen LogP) is 2.69. The zero-order valence-corrected chi connectivity index (χ0v) is 10.4. The highest BCUT2D eigenvalue weighted by atomic mass is 16.7. The van der Waals surface area contributed by atoms with Crippen LogP contribution in [0.4, 0.5) is 0 Å². The van der Waals surface area contributed by atoms with Gasteiger partial charge in [0, 0.05) is 18.5 Å². The van der Waals surface area contributed by atoms with E-state index in [0.717, 1.165) is 12.8 Å². The molecule has 2 aliphatic heterocycles. The Kier molecular flexibility index (Phi) is 3.98. The summed E-state index contributed by atoms with van der Waals surface area (Å²) in [4.78, 5) is 17.2. The number of ketones is 1. The molecule has 2 rings (SSSR count). The molecule has 0 amide bonds. The van der Waals surface area contributed by atoms with Crippen molar-refractivity contribution in [2.75, 3.05) is 0 Å². The van der Waals surface area contributed by atoms with E-state index in [1.54, 1.807) is 6.92 Å². The number of carbonyl (C=O) groups excluding carboxylic acids is 1. The second-order valence-corrected chi connectivity index (χ2v) is 5.26. The highest BCUT2D eigenvalue weighted by Gasteiger charge is 2.39. The number of nitrogens with zero attached hydrogens (tertiary/aromatic N) is 1. The van der Waals surface area contributed by atoms with Gasteiger partial charge in [-0.25, -0.2) is 0 Å². The minimum Gasteiger partial charge on any atom is -0.300 e. The Labute approximate surface area is 98.1 Å². The first-order valence-corrected chi connectivity index (χ1v) is 6.65. The summed E-state index contributed by atoms with van der Waals surface area (Å²) in [5, 5.41) is 2.16. The molecule has 2 aliphatic rings. The van der Waals surface area contributed by atoms with Gasteiger partial charge in [0.2, 0.25) is 0 Å². The Morgan fingerprint density at radius 3 is 2.94 bits per heavy atom. The van der Waals surface area contributed by atoms with Crippen LogP contribution in [-0.4, -0.2) is 29.0 Å². The highest BCUT2D eigenvalue weighted by Crippen LogP contribution is 2.35. The van der Waals surface area contributed by atoms with E-state index >= 15 is 0 Å². The lowest BCUT2D eigenvalue weighted by atomic mass is 9.92. The van der Waals surface area contributed by atoms with Crippen LogP contribution in [0.1, 0.15) is 58.8 Å². The van der Waals surface area contributed by atoms with E-state index in [-0.39, 0.29) is 5.78 Å². The van der Waals surface area contributed by atoms with Crippen LogP contribution in [0, 0.1) is 0 Å². The first kappa shape index (κ1) is 12.1. The monoisotopic (exact) mass is 225 g/mol. The van der Waals surface area contributed by atoms with Gasteiger partial charge in [0.05, 0.1) is 6.10 Å². The molecule has 0 aromatic carbocycles. The van der Waals surface area contributed by atoms with Crippen LogP contribution in [-0.2, 0) is 9.63 Å². The van der Waals surface area contributed by atoms with E-state index in [1.807, 2.05) is 0 Å². The fraction of sp³-hybridized carbons (Fsp3) is 0.923. The largest absolute Gasteiger partial charge is 0.300 e. The normalized spacial score (nSPS) is 35.0. The SMILES string of the molecule is CCC[C@@H]1C[C@@H]2CCC[C@H](CC(C)=O)N2O1. The molecule has 2 heterocycles. The number of Topliss-reactive ketones (excluding diaryl/α,β-unsaturated/α-hetero) is 1. The molecule has 0 aromatic rings. The molecular formula is C13H23NO2. The maximum Gasteiger partial charge on any atom is 0.131 e. The summed E-state index contributed by atoms with van der Waals surface area (Å²) >= 11 is 0. The van der Waals surface area contributed by atoms with Gasteiger partial charge >= 0.3 is 0 Å². The standard InChI is InChI=1S/C13H23NO2/c1-3-5-13-9-12-7-4-6-11(8-10(2)15)14(12)16-13/h11-13H,3-9H2,1-2H3/t11-,12+,13-/m1/s1. The van der Waals surface area contributed by atoms with Crippen molar-refractivity contribution in [3.8, 4) is 0 Å². The molecule has 0 unspecified atom stereocenters. The third-order valence-corrected chi connectivity index (χ3v) is 3.73. The number of hydrogen-bond donors (Lipinski definition) is 0. The zero-order valence-electron chi connectivity index (χ0n) is 10.4. The topological polar surface area (TPSA) is 29.5 Å². The van der Waals surface area contributed by atoms with E-state index in [1.165, 1.54) is 25.7 Å². The first-order valence-electron chi connectivity index (χ1n) is 6.65. The van der Waals surface area contributed by atoms with Gasteiger partial charge in [0.1, 0.15) is 5.78 Å². The summed E-state index contributed by atoms with van der Waals surface area (Å²) in [7, 11) is 0. The lowest BCUT2D eigenvalue weighted by Crippen LogP contribution is -2.42. The van der Waals surface area contributed by atoms with Crippen LogP contribution in [0.3, 0.4) is 0 Å². The molecule has 3 nitrogen and oxygen atoms in total. The molecule has 3 atom stereocenters. The van der Waals surface area contributed by atoms with Crippen molar-refractivity contribution in [2.24, 2.45) is 0 Å². The average molecular weight is 225 g/mol. The molecule has 0 aliphatic carbocycles. The molecule has 16 heavy (non-hydrogen) atoms. The van der Waals surface area contributed by atoms with Crippen molar-refractivity contribution in [3.05, 3.63) is 0 Å². The quantitative estimate of drug-likeness (QED) is 0.736. The second-order valence-electron chi connectivity index (χ2n) is 5.26. The fourth-order valence-electron chi connectivity index (χ4n) is 3.07. The Morgan fingerprint density at radius 2 is 2.25 bits per heavy atom. The Balaban J connectivity index is 1.94. The molecule has 3 heteroatoms. The van der Waals surface area contributed by atoms with Gasteiger partial charge in [-0.1, -0.05) is 19.8 Å². The fourth-order valence-corrected chi connectivity index (χ4v) is 3.07. The van der Waals surface area contributed by atoms with Gasteiger partial charge < -0.3 is 0 Å². The maximum absolute atomic E-state index is 11.2. The average Bonchev–Trinajstić information content (AvgIpc) is 2.61. The van der Waals surface area contributed by atoms with E-state index in [0.29, 0.717) is 24.6 Å². The number of rotatable bonds is 4. The van der Waals surface area contributed by atoms with Crippen molar-refractivity contribution in [3.63, 3.8) is 0 Å². The van der Waals surface area contributed by atoms with Crippen LogP contribution in [0.2, 0.25) is 0 Å². The Morgan fingerprint density at radius 1 is 1.44 bits per heavy atom. The van der Waals surface area contributed by atoms with Crippen molar-refractivity contribution < 1.29 is 9.63 Å². The first-order chi connectivity index (χ1) is 7.70. The molecule has 0 aromatic heterocycles. The van der Waals surface area contributed by atoms with Crippen molar-refractivity contribution in [2.45, 2.75) is 77.0 Å². The Bertz CT molecular complexity index is 254. The van der Waals surface area contributed by atoms with Crippen LogP contribution in [0.15, 0.2) is 0 Å². The van der Waals surface area contributed by atoms with Gasteiger partial charge in [-0.05, 0) is 32.6 Å². The van der Waals surface area contributed by atoms with E-state index in [2.05, 4.69) is 12.0 Å². The molecule has 92 valence electrons. The minimum absolute atomic E-state index is 0.285. The number of hydrogen-bond acceptors (Lipinski definition) is 3. The summed E-state index contributed by atoms with van der Waals surface area (Å²) < 4.78 is 0. The highest BCUT2D eigenvalue weighted by molar-refractivity contribution is 5.76. The third-order valence-electron chi connectivity index (χ3n) is 3.73. The van der Waals surface area contributed by atoms with E-state index < -0.39 is 0 Å². The van der Waals surface area contributed by atoms with Crippen molar-refractivity contribution in [1.82, 2.24) is 5.06 Å². The molecule has 2 saturated heterocycles. The second kappa shape index (κ2) is 5.28. The third kappa shape index (κ3) is 2.64. The molecule has 0 N–H and O–H groups in total. The van der Waals surface area contributed by atoms with E-state index in [4.69, 9.17) is 4.84 Å². The lowest BCUT2D eigenvalue weighted by molar-refractivity contribution is -0.202. The van der Waals surface area contributed by atoms with Gasteiger partial charge in [-0.3, -0.25) is 9.63 Å². The smallest absolute Gasteiger partial charge is 0.131 e. The number of carbonyl (C=O) groups is 1. The van der Waals surface area contributed by atoms with Gasteiger partial charge in [0.15, 0.2) is 0 Å². The molecule has 0 radical (unpaired) electrons. The zero-order chi connectivity index (χ0) is 11.5. The van der Waals surface area contributed by atoms with Crippen molar-refractivity contribution in [1.29, 1.82) is 0 Å². The van der Waals surface area contributed by atoms with Crippen LogP contribution >= 0.6 is 0 Å². The van der Waals surface area contributed by atoms with E-state index in [9.17, 15) is 4.79 Å². The predicted molar refractivity (Wildman–Crippen MR) is 63.0 cm³/mol. The number of fused-ring (bicyclic) bond motifs is 1. The molecule has 0 bridgehead atoms.